The van der Waals surface area contributed by atoms with Crippen LogP contribution < -0.4 is 5.32 Å². The molecule has 1 N–H and O–H groups in total. The second-order valence-electron chi connectivity index (χ2n) is 7.29. The maximum atomic E-state index is 13.6. The summed E-state index contributed by atoms with van der Waals surface area (Å²) in [7, 11) is -3.55. The summed E-state index contributed by atoms with van der Waals surface area (Å²) in [6.45, 7) is 6.03. The van der Waals surface area contributed by atoms with E-state index in [1.165, 1.54) is 20.7 Å². The third-order valence-corrected chi connectivity index (χ3v) is 6.85. The van der Waals surface area contributed by atoms with E-state index in [2.05, 4.69) is 5.32 Å². The Morgan fingerprint density at radius 3 is 2.32 bits per heavy atom. The lowest BCUT2D eigenvalue weighted by Crippen LogP contribution is -2.57. The van der Waals surface area contributed by atoms with E-state index in [0.717, 1.165) is 0 Å². The number of carbonyl (C=O) groups excluding carboxylic acids is 1. The molecule has 2 saturated heterocycles. The van der Waals surface area contributed by atoms with Crippen molar-refractivity contribution in [3.05, 3.63) is 30.1 Å². The average molecular weight is 415 g/mol. The molecule has 0 aromatic heterocycles. The van der Waals surface area contributed by atoms with E-state index in [9.17, 15) is 17.6 Å². The van der Waals surface area contributed by atoms with E-state index < -0.39 is 16.0 Å². The van der Waals surface area contributed by atoms with E-state index in [1.807, 2.05) is 18.7 Å². The molecule has 0 bridgehead atoms. The van der Waals surface area contributed by atoms with Gasteiger partial charge in [0.15, 0.2) is 0 Å². The van der Waals surface area contributed by atoms with E-state index in [0.29, 0.717) is 39.3 Å². The molecule has 0 aliphatic carbocycles. The Morgan fingerprint density at radius 1 is 1.11 bits per heavy atom. The number of morpholine rings is 1. The molecule has 28 heavy (non-hydrogen) atoms. The van der Waals surface area contributed by atoms with Gasteiger partial charge in [-0.3, -0.25) is 9.69 Å². The van der Waals surface area contributed by atoms with Crippen LogP contribution in [0.5, 0.6) is 0 Å². The van der Waals surface area contributed by atoms with Crippen molar-refractivity contribution in [1.82, 2.24) is 13.5 Å². The van der Waals surface area contributed by atoms with Crippen molar-refractivity contribution >= 4 is 21.8 Å². The quantitative estimate of drug-likeness (QED) is 0.769. The number of piperazine rings is 1. The van der Waals surface area contributed by atoms with E-state index in [-0.39, 0.29) is 30.3 Å². The summed E-state index contributed by atoms with van der Waals surface area (Å²) in [4.78, 5) is 14.0. The molecular formula is C18H27FN4O4S. The molecule has 2 fully saturated rings. The molecule has 1 amide bonds. The first-order valence-electron chi connectivity index (χ1n) is 9.43. The Morgan fingerprint density at radius 2 is 1.71 bits per heavy atom. The van der Waals surface area contributed by atoms with Gasteiger partial charge in [-0.05, 0) is 26.0 Å². The first-order valence-corrected chi connectivity index (χ1v) is 10.8. The fraction of sp³-hybridized carbons (Fsp3) is 0.611. The van der Waals surface area contributed by atoms with Crippen LogP contribution in [-0.2, 0) is 19.7 Å². The molecule has 156 valence electrons. The number of anilines is 1. The number of benzene rings is 1. The third-order valence-electron chi connectivity index (χ3n) is 4.89. The Balaban J connectivity index is 1.51. The molecular weight excluding hydrogens is 387 g/mol. The lowest BCUT2D eigenvalue weighted by molar-refractivity contribution is -0.117. The number of hydrogen-bond acceptors (Lipinski definition) is 5. The Kier molecular flexibility index (Phi) is 6.66. The zero-order chi connectivity index (χ0) is 20.3. The minimum Gasteiger partial charge on any atom is -0.373 e. The first kappa shape index (κ1) is 21.1. The summed E-state index contributed by atoms with van der Waals surface area (Å²) in [5.74, 6) is -0.807. The van der Waals surface area contributed by atoms with Crippen LogP contribution in [0.4, 0.5) is 10.1 Å². The van der Waals surface area contributed by atoms with Crippen molar-refractivity contribution in [2.24, 2.45) is 0 Å². The van der Waals surface area contributed by atoms with Gasteiger partial charge in [0.05, 0.1) is 24.4 Å². The predicted molar refractivity (Wildman–Crippen MR) is 104 cm³/mol. The van der Waals surface area contributed by atoms with Crippen molar-refractivity contribution in [2.45, 2.75) is 26.1 Å². The maximum Gasteiger partial charge on any atom is 0.282 e. The van der Waals surface area contributed by atoms with Crippen molar-refractivity contribution < 1.29 is 22.3 Å². The van der Waals surface area contributed by atoms with Gasteiger partial charge in [0.25, 0.3) is 10.2 Å². The number of halogens is 1. The molecule has 2 aliphatic rings. The number of nitrogens with zero attached hydrogens (tertiary/aromatic N) is 3. The molecule has 1 aromatic carbocycles. The van der Waals surface area contributed by atoms with Crippen molar-refractivity contribution in [2.75, 3.05) is 51.1 Å². The van der Waals surface area contributed by atoms with Gasteiger partial charge in [0, 0.05) is 39.3 Å². The average Bonchev–Trinajstić information content (AvgIpc) is 2.63. The van der Waals surface area contributed by atoms with Gasteiger partial charge >= 0.3 is 0 Å². The lowest BCUT2D eigenvalue weighted by atomic mass is 10.3. The molecule has 2 unspecified atom stereocenters. The number of nitrogens with one attached hydrogen (secondary N) is 1. The highest BCUT2D eigenvalue weighted by Gasteiger charge is 2.36. The monoisotopic (exact) mass is 414 g/mol. The normalized spacial score (nSPS) is 25.5. The summed E-state index contributed by atoms with van der Waals surface area (Å²) in [5.41, 5.74) is 0.143. The zero-order valence-corrected chi connectivity index (χ0v) is 17.0. The predicted octanol–water partition coefficient (Wildman–Crippen LogP) is 0.736. The van der Waals surface area contributed by atoms with Crippen molar-refractivity contribution in [3.8, 4) is 0 Å². The summed E-state index contributed by atoms with van der Waals surface area (Å²) in [5, 5.41) is 2.55. The minimum atomic E-state index is -3.55. The molecule has 3 rings (SSSR count). The smallest absolute Gasteiger partial charge is 0.282 e. The molecule has 2 aliphatic heterocycles. The van der Waals surface area contributed by atoms with Gasteiger partial charge in [-0.15, -0.1) is 0 Å². The maximum absolute atomic E-state index is 13.6. The van der Waals surface area contributed by atoms with Crippen LogP contribution in [0.3, 0.4) is 0 Å². The number of ether oxygens (including phenoxy) is 1. The number of hydrogen-bond donors (Lipinski definition) is 1. The summed E-state index contributed by atoms with van der Waals surface area (Å²) >= 11 is 0. The van der Waals surface area contributed by atoms with Crippen LogP contribution >= 0.6 is 0 Å². The summed E-state index contributed by atoms with van der Waals surface area (Å²) in [6.07, 6.45) is -0.274. The van der Waals surface area contributed by atoms with E-state index in [4.69, 9.17) is 4.74 Å². The Hall–Kier alpha value is -1.59. The van der Waals surface area contributed by atoms with E-state index in [1.54, 1.807) is 12.1 Å². The zero-order valence-electron chi connectivity index (χ0n) is 16.2. The standard InChI is InChI=1S/C18H27FN4O4S/c1-14-11-23(12-15(2)27-14)28(25,26)22-9-7-21(8-10-22)13-18(24)20-17-6-4-3-5-16(17)19/h3-6,14-15H,7-13H2,1-2H3,(H,20,24). The molecule has 1 aromatic rings. The number of amides is 1. The molecule has 0 saturated carbocycles. The summed E-state index contributed by atoms with van der Waals surface area (Å²) in [6, 6.07) is 5.99. The van der Waals surface area contributed by atoms with Crippen LogP contribution in [0, 0.1) is 5.82 Å². The summed E-state index contributed by atoms with van der Waals surface area (Å²) < 4.78 is 48.0. The number of rotatable bonds is 5. The van der Waals surface area contributed by atoms with Crippen LogP contribution in [0.15, 0.2) is 24.3 Å². The van der Waals surface area contributed by atoms with Crippen molar-refractivity contribution in [1.29, 1.82) is 0 Å². The topological polar surface area (TPSA) is 82.2 Å². The number of para-hydroxylation sites is 1. The highest BCUT2D eigenvalue weighted by molar-refractivity contribution is 7.86. The molecule has 2 heterocycles. The van der Waals surface area contributed by atoms with Crippen LogP contribution in [0.2, 0.25) is 0 Å². The Bertz CT molecular complexity index is 789. The van der Waals surface area contributed by atoms with Gasteiger partial charge in [-0.2, -0.15) is 17.0 Å². The molecule has 10 heteroatoms. The highest BCUT2D eigenvalue weighted by atomic mass is 32.2. The second-order valence-corrected chi connectivity index (χ2v) is 9.21. The van der Waals surface area contributed by atoms with Gasteiger partial charge in [0.1, 0.15) is 5.82 Å². The first-order chi connectivity index (χ1) is 13.3. The third kappa shape index (κ3) is 5.06. The fourth-order valence-corrected chi connectivity index (χ4v) is 5.30. The SMILES string of the molecule is CC1CN(S(=O)(=O)N2CCN(CC(=O)Nc3ccccc3F)CC2)CC(C)O1. The molecule has 0 radical (unpaired) electrons. The number of carbonyl (C=O) groups is 1. The Labute approximate surface area is 165 Å². The van der Waals surface area contributed by atoms with Crippen LogP contribution in [-0.4, -0.2) is 85.9 Å². The van der Waals surface area contributed by atoms with Crippen LogP contribution in [0.1, 0.15) is 13.8 Å². The fourth-order valence-electron chi connectivity index (χ4n) is 3.56. The second kappa shape index (κ2) is 8.83. The highest BCUT2D eigenvalue weighted by Crippen LogP contribution is 2.19. The van der Waals surface area contributed by atoms with Crippen LogP contribution in [0.25, 0.3) is 0 Å². The van der Waals surface area contributed by atoms with Gasteiger partial charge in [0.2, 0.25) is 5.91 Å². The molecule has 0 spiro atoms. The van der Waals surface area contributed by atoms with Crippen molar-refractivity contribution in [3.63, 3.8) is 0 Å². The van der Waals surface area contributed by atoms with Gasteiger partial charge in [-0.25, -0.2) is 4.39 Å². The lowest BCUT2D eigenvalue weighted by Gasteiger charge is -2.40. The van der Waals surface area contributed by atoms with Gasteiger partial charge < -0.3 is 10.1 Å². The van der Waals surface area contributed by atoms with Gasteiger partial charge in [-0.1, -0.05) is 12.1 Å². The largest absolute Gasteiger partial charge is 0.373 e. The van der Waals surface area contributed by atoms with E-state index >= 15 is 0 Å². The minimum absolute atomic E-state index is 0.0911. The molecule has 2 atom stereocenters. The molecule has 8 nitrogen and oxygen atoms in total.